The van der Waals surface area contributed by atoms with Crippen molar-refractivity contribution in [1.82, 2.24) is 0 Å². The lowest BCUT2D eigenvalue weighted by Crippen LogP contribution is -1.92. The summed E-state index contributed by atoms with van der Waals surface area (Å²) in [6.45, 7) is 2.13. The lowest BCUT2D eigenvalue weighted by Gasteiger charge is -2.05. The van der Waals surface area contributed by atoms with Crippen LogP contribution < -0.4 is 0 Å². The molecule has 0 amide bonds. The van der Waals surface area contributed by atoms with Crippen LogP contribution in [-0.4, -0.2) is 5.78 Å². The summed E-state index contributed by atoms with van der Waals surface area (Å²) in [4.78, 5) is 12.5. The van der Waals surface area contributed by atoms with Crippen molar-refractivity contribution in [3.63, 3.8) is 0 Å². The van der Waals surface area contributed by atoms with Crippen LogP contribution in [-0.2, 0) is 4.79 Å². The van der Waals surface area contributed by atoms with E-state index in [4.69, 9.17) is 0 Å². The van der Waals surface area contributed by atoms with E-state index in [1.54, 1.807) is 11.3 Å². The van der Waals surface area contributed by atoms with Gasteiger partial charge in [-0.05, 0) is 30.4 Å². The number of thiophene rings is 1. The molecule has 2 rings (SSSR count). The van der Waals surface area contributed by atoms with Crippen molar-refractivity contribution < 1.29 is 4.79 Å². The Hall–Kier alpha value is -0.630. The SMILES string of the molecule is Cc1ccsc1C1CCC(=O)C1. The first kappa shape index (κ1) is 7.99. The molecule has 0 saturated heterocycles. The normalized spacial score (nSPS) is 23.4. The number of carbonyl (C=O) groups is 1. The molecular formula is C10H12OS. The van der Waals surface area contributed by atoms with Crippen LogP contribution in [0.25, 0.3) is 0 Å². The molecule has 0 N–H and O–H groups in total. The molecule has 64 valence electrons. The standard InChI is InChI=1S/C10H12OS/c1-7-4-5-12-10(7)8-2-3-9(11)6-8/h4-5,8H,2-3,6H2,1H3. The average molecular weight is 180 g/mol. The number of aryl methyl sites for hydroxylation is 1. The fourth-order valence-corrected chi connectivity index (χ4v) is 2.91. The van der Waals surface area contributed by atoms with E-state index in [2.05, 4.69) is 18.4 Å². The summed E-state index contributed by atoms with van der Waals surface area (Å²) >= 11 is 1.80. The van der Waals surface area contributed by atoms with Gasteiger partial charge in [-0.1, -0.05) is 0 Å². The van der Waals surface area contributed by atoms with Crippen molar-refractivity contribution in [1.29, 1.82) is 0 Å². The molecule has 1 aliphatic carbocycles. The molecule has 1 nitrogen and oxygen atoms in total. The molecule has 1 atom stereocenters. The summed E-state index contributed by atoms with van der Waals surface area (Å²) in [5, 5.41) is 2.12. The molecule has 1 aliphatic rings. The minimum atomic E-state index is 0.438. The monoisotopic (exact) mass is 180 g/mol. The minimum absolute atomic E-state index is 0.438. The molecule has 0 aromatic carbocycles. The van der Waals surface area contributed by atoms with Gasteiger partial charge in [0.05, 0.1) is 0 Å². The smallest absolute Gasteiger partial charge is 0.133 e. The molecule has 0 spiro atoms. The fourth-order valence-electron chi connectivity index (χ4n) is 1.84. The van der Waals surface area contributed by atoms with Gasteiger partial charge in [0.25, 0.3) is 0 Å². The summed E-state index contributed by atoms with van der Waals surface area (Å²) < 4.78 is 0. The molecule has 1 fully saturated rings. The molecule has 1 saturated carbocycles. The van der Waals surface area contributed by atoms with Crippen LogP contribution in [0.3, 0.4) is 0 Å². The molecule has 1 aromatic rings. The van der Waals surface area contributed by atoms with E-state index in [0.29, 0.717) is 11.7 Å². The highest BCUT2D eigenvalue weighted by molar-refractivity contribution is 7.10. The lowest BCUT2D eigenvalue weighted by molar-refractivity contribution is -0.117. The Bertz CT molecular complexity index is 301. The Kier molecular flexibility index (Phi) is 2.01. The van der Waals surface area contributed by atoms with Gasteiger partial charge in [-0.3, -0.25) is 4.79 Å². The van der Waals surface area contributed by atoms with Gasteiger partial charge in [-0.25, -0.2) is 0 Å². The second-order valence-corrected chi connectivity index (χ2v) is 4.39. The zero-order chi connectivity index (χ0) is 8.55. The van der Waals surface area contributed by atoms with Crippen LogP contribution in [0.4, 0.5) is 0 Å². The lowest BCUT2D eigenvalue weighted by atomic mass is 10.0. The van der Waals surface area contributed by atoms with Crippen LogP contribution >= 0.6 is 11.3 Å². The van der Waals surface area contributed by atoms with Gasteiger partial charge in [0.15, 0.2) is 0 Å². The maximum absolute atomic E-state index is 11.1. The van der Waals surface area contributed by atoms with Gasteiger partial charge in [0.1, 0.15) is 5.78 Å². The minimum Gasteiger partial charge on any atom is -0.300 e. The summed E-state index contributed by atoms with van der Waals surface area (Å²) in [5.74, 6) is 0.977. The molecule has 1 aromatic heterocycles. The molecule has 2 heteroatoms. The van der Waals surface area contributed by atoms with Crippen LogP contribution in [0.2, 0.25) is 0 Å². The summed E-state index contributed by atoms with van der Waals surface area (Å²) in [6.07, 6.45) is 2.64. The van der Waals surface area contributed by atoms with E-state index in [1.807, 2.05) is 0 Å². The molecule has 1 unspecified atom stereocenters. The van der Waals surface area contributed by atoms with E-state index < -0.39 is 0 Å². The maximum atomic E-state index is 11.1. The van der Waals surface area contributed by atoms with Crippen LogP contribution in [0.15, 0.2) is 11.4 Å². The maximum Gasteiger partial charge on any atom is 0.133 e. The van der Waals surface area contributed by atoms with E-state index in [0.717, 1.165) is 19.3 Å². The van der Waals surface area contributed by atoms with E-state index >= 15 is 0 Å². The van der Waals surface area contributed by atoms with Crippen molar-refractivity contribution in [3.8, 4) is 0 Å². The number of Topliss-reactive ketones (excluding diaryl/α,β-unsaturated/α-hetero) is 1. The number of hydrogen-bond acceptors (Lipinski definition) is 2. The van der Waals surface area contributed by atoms with Gasteiger partial charge in [-0.15, -0.1) is 11.3 Å². The van der Waals surface area contributed by atoms with Gasteiger partial charge in [-0.2, -0.15) is 0 Å². The summed E-state index contributed by atoms with van der Waals surface area (Å²) in [6, 6.07) is 2.14. The number of ketones is 1. The highest BCUT2D eigenvalue weighted by Gasteiger charge is 2.25. The van der Waals surface area contributed by atoms with Gasteiger partial charge >= 0.3 is 0 Å². The summed E-state index contributed by atoms with van der Waals surface area (Å²) in [7, 11) is 0. The molecule has 0 radical (unpaired) electrons. The Morgan fingerprint density at radius 3 is 2.92 bits per heavy atom. The molecule has 1 heterocycles. The third-order valence-corrected chi connectivity index (χ3v) is 3.70. The first-order valence-electron chi connectivity index (χ1n) is 4.33. The quantitative estimate of drug-likeness (QED) is 0.649. The number of hydrogen-bond donors (Lipinski definition) is 0. The van der Waals surface area contributed by atoms with Gasteiger partial charge < -0.3 is 0 Å². The Balaban J connectivity index is 2.21. The van der Waals surface area contributed by atoms with Gasteiger partial charge in [0, 0.05) is 23.6 Å². The molecular weight excluding hydrogens is 168 g/mol. The van der Waals surface area contributed by atoms with Crippen molar-refractivity contribution in [2.75, 3.05) is 0 Å². The van der Waals surface area contributed by atoms with Crippen LogP contribution in [0, 0.1) is 6.92 Å². The fraction of sp³-hybridized carbons (Fsp3) is 0.500. The molecule has 0 bridgehead atoms. The second kappa shape index (κ2) is 3.02. The highest BCUT2D eigenvalue weighted by atomic mass is 32.1. The topological polar surface area (TPSA) is 17.1 Å². The Morgan fingerprint density at radius 2 is 2.42 bits per heavy atom. The van der Waals surface area contributed by atoms with Crippen LogP contribution in [0.5, 0.6) is 0 Å². The Morgan fingerprint density at radius 1 is 1.58 bits per heavy atom. The largest absolute Gasteiger partial charge is 0.300 e. The zero-order valence-corrected chi connectivity index (χ0v) is 7.99. The van der Waals surface area contributed by atoms with Crippen molar-refractivity contribution >= 4 is 17.1 Å². The predicted octanol–water partition coefficient (Wildman–Crippen LogP) is 2.89. The van der Waals surface area contributed by atoms with E-state index in [9.17, 15) is 4.79 Å². The zero-order valence-electron chi connectivity index (χ0n) is 7.17. The first-order chi connectivity index (χ1) is 5.77. The van der Waals surface area contributed by atoms with Crippen molar-refractivity contribution in [2.45, 2.75) is 32.1 Å². The molecule has 12 heavy (non-hydrogen) atoms. The van der Waals surface area contributed by atoms with Crippen molar-refractivity contribution in [2.24, 2.45) is 0 Å². The predicted molar refractivity (Wildman–Crippen MR) is 50.7 cm³/mol. The van der Waals surface area contributed by atoms with Gasteiger partial charge in [0.2, 0.25) is 0 Å². The summed E-state index contributed by atoms with van der Waals surface area (Å²) in [5.41, 5.74) is 1.36. The second-order valence-electron chi connectivity index (χ2n) is 3.45. The highest BCUT2D eigenvalue weighted by Crippen LogP contribution is 2.36. The third-order valence-electron chi connectivity index (χ3n) is 2.52. The van der Waals surface area contributed by atoms with E-state index in [1.165, 1.54) is 10.4 Å². The van der Waals surface area contributed by atoms with Crippen molar-refractivity contribution in [3.05, 3.63) is 21.9 Å². The number of carbonyl (C=O) groups excluding carboxylic acids is 1. The number of rotatable bonds is 1. The Labute approximate surface area is 76.4 Å². The third kappa shape index (κ3) is 1.31. The van der Waals surface area contributed by atoms with Crippen LogP contribution in [0.1, 0.15) is 35.6 Å². The van der Waals surface area contributed by atoms with E-state index in [-0.39, 0.29) is 0 Å². The first-order valence-corrected chi connectivity index (χ1v) is 5.21. The molecule has 0 aliphatic heterocycles. The average Bonchev–Trinajstić information content (AvgIpc) is 2.58.